The molecule has 0 spiro atoms. The Balaban J connectivity index is 2.22. The van der Waals surface area contributed by atoms with Crippen LogP contribution in [0.3, 0.4) is 0 Å². The molecule has 0 aliphatic carbocycles. The van der Waals surface area contributed by atoms with Crippen molar-refractivity contribution in [3.63, 3.8) is 0 Å². The lowest BCUT2D eigenvalue weighted by Crippen LogP contribution is -2.25. The second-order valence-corrected chi connectivity index (χ2v) is 5.10. The fourth-order valence-corrected chi connectivity index (χ4v) is 2.14. The number of aryl methyl sites for hydroxylation is 1. The average molecular weight is 227 g/mol. The first kappa shape index (κ1) is 12.2. The van der Waals surface area contributed by atoms with Crippen molar-refractivity contribution in [3.8, 4) is 0 Å². The first-order valence-electron chi connectivity index (χ1n) is 5.08. The Hall–Kier alpha value is -0.870. The second-order valence-electron chi connectivity index (χ2n) is 3.73. The molecule has 3 nitrogen and oxygen atoms in total. The van der Waals surface area contributed by atoms with Gasteiger partial charge in [-0.3, -0.25) is 4.79 Å². The van der Waals surface area contributed by atoms with E-state index in [2.05, 4.69) is 24.4 Å². The van der Waals surface area contributed by atoms with Crippen molar-refractivity contribution in [3.05, 3.63) is 21.9 Å². The third kappa shape index (κ3) is 4.95. The van der Waals surface area contributed by atoms with E-state index in [1.54, 1.807) is 11.3 Å². The van der Waals surface area contributed by atoms with Gasteiger partial charge < -0.3 is 10.4 Å². The average Bonchev–Trinajstić information content (AvgIpc) is 2.58. The molecule has 1 aromatic rings. The second kappa shape index (κ2) is 5.88. The van der Waals surface area contributed by atoms with Gasteiger partial charge in [0.1, 0.15) is 0 Å². The Labute approximate surface area is 94.1 Å². The summed E-state index contributed by atoms with van der Waals surface area (Å²) in [4.78, 5) is 13.0. The molecule has 1 aromatic heterocycles. The normalized spacial score (nSPS) is 12.7. The van der Waals surface area contributed by atoms with Gasteiger partial charge in [0.2, 0.25) is 0 Å². The number of aliphatic carboxylic acids is 1. The van der Waals surface area contributed by atoms with Gasteiger partial charge in [-0.1, -0.05) is 0 Å². The fourth-order valence-electron chi connectivity index (χ4n) is 1.30. The lowest BCUT2D eigenvalue weighted by molar-refractivity contribution is -0.137. The molecule has 2 N–H and O–H groups in total. The topological polar surface area (TPSA) is 49.3 Å². The Morgan fingerprint density at radius 1 is 1.60 bits per heavy atom. The summed E-state index contributed by atoms with van der Waals surface area (Å²) in [5.41, 5.74) is 0. The van der Waals surface area contributed by atoms with E-state index in [0.29, 0.717) is 6.42 Å². The summed E-state index contributed by atoms with van der Waals surface area (Å²) in [6.45, 7) is 4.94. The molecule has 0 bridgehead atoms. The Morgan fingerprint density at radius 2 is 2.33 bits per heavy atom. The van der Waals surface area contributed by atoms with Gasteiger partial charge in [-0.05, 0) is 32.4 Å². The zero-order valence-electron chi connectivity index (χ0n) is 9.12. The lowest BCUT2D eigenvalue weighted by atomic mass is 10.2. The molecule has 1 rings (SSSR count). The van der Waals surface area contributed by atoms with Crippen LogP contribution in [0.15, 0.2) is 12.1 Å². The van der Waals surface area contributed by atoms with Gasteiger partial charge in [-0.25, -0.2) is 0 Å². The van der Waals surface area contributed by atoms with E-state index in [0.717, 1.165) is 6.54 Å². The maximum Gasteiger partial charge on any atom is 0.303 e. The van der Waals surface area contributed by atoms with Crippen LogP contribution >= 0.6 is 11.3 Å². The summed E-state index contributed by atoms with van der Waals surface area (Å²) < 4.78 is 0. The van der Waals surface area contributed by atoms with Crippen molar-refractivity contribution >= 4 is 17.3 Å². The maximum atomic E-state index is 10.4. The van der Waals surface area contributed by atoms with E-state index in [9.17, 15) is 4.79 Å². The lowest BCUT2D eigenvalue weighted by Gasteiger charge is -2.11. The molecule has 0 amide bonds. The highest BCUT2D eigenvalue weighted by Crippen LogP contribution is 2.14. The van der Waals surface area contributed by atoms with Gasteiger partial charge in [0.05, 0.1) is 0 Å². The number of carboxylic acid groups (broad SMARTS) is 1. The number of rotatable bonds is 6. The van der Waals surface area contributed by atoms with Gasteiger partial charge in [0, 0.05) is 28.8 Å². The Morgan fingerprint density at radius 3 is 2.87 bits per heavy atom. The predicted octanol–water partition coefficient (Wildman–Crippen LogP) is 2.40. The molecular weight excluding hydrogens is 210 g/mol. The highest BCUT2D eigenvalue weighted by molar-refractivity contribution is 7.11. The van der Waals surface area contributed by atoms with Crippen molar-refractivity contribution in [2.24, 2.45) is 0 Å². The highest BCUT2D eigenvalue weighted by atomic mass is 32.1. The smallest absolute Gasteiger partial charge is 0.303 e. The molecule has 0 radical (unpaired) electrons. The van der Waals surface area contributed by atoms with Crippen LogP contribution in [0.5, 0.6) is 0 Å². The van der Waals surface area contributed by atoms with E-state index in [1.165, 1.54) is 9.75 Å². The molecule has 0 aromatic carbocycles. The monoisotopic (exact) mass is 227 g/mol. The van der Waals surface area contributed by atoms with Crippen LogP contribution in [0.25, 0.3) is 0 Å². The van der Waals surface area contributed by atoms with Gasteiger partial charge in [-0.2, -0.15) is 0 Å². The van der Waals surface area contributed by atoms with Gasteiger partial charge >= 0.3 is 5.97 Å². The van der Waals surface area contributed by atoms with Crippen molar-refractivity contribution in [2.75, 3.05) is 0 Å². The first-order chi connectivity index (χ1) is 7.08. The molecule has 0 aliphatic heterocycles. The standard InChI is InChI=1S/C11H17NO2S/c1-8(3-6-11(13)14)12-7-10-5-4-9(2)15-10/h4-5,8,12H,3,6-7H2,1-2H3,(H,13,14). The van der Waals surface area contributed by atoms with Crippen LogP contribution in [0.1, 0.15) is 29.5 Å². The summed E-state index contributed by atoms with van der Waals surface area (Å²) in [7, 11) is 0. The molecule has 1 heterocycles. The number of carboxylic acids is 1. The quantitative estimate of drug-likeness (QED) is 0.784. The number of carbonyl (C=O) groups is 1. The van der Waals surface area contributed by atoms with E-state index >= 15 is 0 Å². The zero-order chi connectivity index (χ0) is 11.3. The maximum absolute atomic E-state index is 10.4. The number of hydrogen-bond acceptors (Lipinski definition) is 3. The van der Waals surface area contributed by atoms with Crippen molar-refractivity contribution in [2.45, 2.75) is 39.3 Å². The molecule has 15 heavy (non-hydrogen) atoms. The van der Waals surface area contributed by atoms with Gasteiger partial charge in [0.25, 0.3) is 0 Å². The summed E-state index contributed by atoms with van der Waals surface area (Å²) in [6, 6.07) is 4.46. The van der Waals surface area contributed by atoms with Gasteiger partial charge in [-0.15, -0.1) is 11.3 Å². The van der Waals surface area contributed by atoms with E-state index in [4.69, 9.17) is 5.11 Å². The van der Waals surface area contributed by atoms with Gasteiger partial charge in [0.15, 0.2) is 0 Å². The minimum Gasteiger partial charge on any atom is -0.481 e. The van der Waals surface area contributed by atoms with Crippen LogP contribution in [-0.2, 0) is 11.3 Å². The third-order valence-corrected chi connectivity index (χ3v) is 3.21. The Kier molecular flexibility index (Phi) is 4.78. The van der Waals surface area contributed by atoms with Crippen LogP contribution in [0, 0.1) is 6.92 Å². The van der Waals surface area contributed by atoms with Crippen molar-refractivity contribution < 1.29 is 9.90 Å². The van der Waals surface area contributed by atoms with E-state index in [-0.39, 0.29) is 12.5 Å². The Bertz CT molecular complexity index is 322. The molecule has 0 aliphatic rings. The van der Waals surface area contributed by atoms with Crippen LogP contribution in [0.4, 0.5) is 0 Å². The summed E-state index contributed by atoms with van der Waals surface area (Å²) in [5, 5.41) is 11.8. The third-order valence-electron chi connectivity index (χ3n) is 2.21. The first-order valence-corrected chi connectivity index (χ1v) is 5.90. The molecule has 1 atom stereocenters. The molecule has 1 unspecified atom stereocenters. The number of hydrogen-bond donors (Lipinski definition) is 2. The molecule has 0 saturated carbocycles. The summed E-state index contributed by atoms with van der Waals surface area (Å²) >= 11 is 1.78. The summed E-state index contributed by atoms with van der Waals surface area (Å²) in [6.07, 6.45) is 0.914. The molecule has 0 saturated heterocycles. The largest absolute Gasteiger partial charge is 0.481 e. The van der Waals surface area contributed by atoms with Crippen molar-refractivity contribution in [1.82, 2.24) is 5.32 Å². The predicted molar refractivity (Wildman–Crippen MR) is 62.2 cm³/mol. The molecular formula is C11H17NO2S. The molecule has 84 valence electrons. The minimum atomic E-state index is -0.726. The van der Waals surface area contributed by atoms with Crippen LogP contribution < -0.4 is 5.32 Å². The van der Waals surface area contributed by atoms with Crippen molar-refractivity contribution in [1.29, 1.82) is 0 Å². The van der Waals surface area contributed by atoms with E-state index < -0.39 is 5.97 Å². The zero-order valence-corrected chi connectivity index (χ0v) is 9.93. The number of nitrogens with one attached hydrogen (secondary N) is 1. The van der Waals surface area contributed by atoms with E-state index in [1.807, 2.05) is 6.92 Å². The SMILES string of the molecule is Cc1ccc(CNC(C)CCC(=O)O)s1. The number of thiophene rings is 1. The van der Waals surface area contributed by atoms with Crippen LogP contribution in [0.2, 0.25) is 0 Å². The molecule has 0 fully saturated rings. The highest BCUT2D eigenvalue weighted by Gasteiger charge is 2.05. The van der Waals surface area contributed by atoms with Crippen LogP contribution in [-0.4, -0.2) is 17.1 Å². The minimum absolute atomic E-state index is 0.234. The fraction of sp³-hybridized carbons (Fsp3) is 0.545. The summed E-state index contributed by atoms with van der Waals surface area (Å²) in [5.74, 6) is -0.726. The molecule has 4 heteroatoms.